The number of nitrogens with two attached hydrogens (primary N) is 1. The van der Waals surface area contributed by atoms with Crippen LogP contribution in [0.4, 0.5) is 0 Å². The highest BCUT2D eigenvalue weighted by molar-refractivity contribution is 5.69. The van der Waals surface area contributed by atoms with Gasteiger partial charge in [-0.2, -0.15) is 0 Å². The number of fused-ring (bicyclic) bond motifs is 3. The van der Waals surface area contributed by atoms with E-state index in [1.165, 1.54) is 16.7 Å². The largest absolute Gasteiger partial charge is 0.493 e. The van der Waals surface area contributed by atoms with Crippen molar-refractivity contribution in [2.24, 2.45) is 11.7 Å². The number of aryl methyl sites for hydroxylation is 1. The molecule has 0 spiro atoms. The van der Waals surface area contributed by atoms with Crippen molar-refractivity contribution in [1.29, 1.82) is 0 Å². The maximum Gasteiger partial charge on any atom is 0.303 e. The van der Waals surface area contributed by atoms with Crippen molar-refractivity contribution >= 4 is 5.97 Å². The first-order valence-electron chi connectivity index (χ1n) is 8.15. The first kappa shape index (κ1) is 16.8. The molecule has 0 radical (unpaired) electrons. The normalized spacial score (nSPS) is 19.8. The molecule has 0 fully saturated rings. The number of carboxylic acid groups (broad SMARTS) is 1. The second kappa shape index (κ2) is 7.14. The van der Waals surface area contributed by atoms with Crippen LogP contribution >= 0.6 is 0 Å². The maximum absolute atomic E-state index is 10.8. The summed E-state index contributed by atoms with van der Waals surface area (Å²) in [5, 5.41) is 8.92. The summed E-state index contributed by atoms with van der Waals surface area (Å²) in [4.78, 5) is 10.8. The monoisotopic (exact) mass is 305 g/mol. The van der Waals surface area contributed by atoms with Crippen molar-refractivity contribution in [3.63, 3.8) is 0 Å². The van der Waals surface area contributed by atoms with Gasteiger partial charge in [0.15, 0.2) is 0 Å². The molecule has 1 aliphatic carbocycles. The number of carbonyl (C=O) groups is 1. The third-order valence-corrected chi connectivity index (χ3v) is 4.66. The van der Waals surface area contributed by atoms with E-state index < -0.39 is 5.97 Å². The van der Waals surface area contributed by atoms with Crippen LogP contribution in [0.2, 0.25) is 0 Å². The van der Waals surface area contributed by atoms with Gasteiger partial charge >= 0.3 is 5.97 Å². The molecular weight excluding hydrogens is 278 g/mol. The van der Waals surface area contributed by atoms with Gasteiger partial charge in [0.05, 0.1) is 13.0 Å². The van der Waals surface area contributed by atoms with Crippen LogP contribution in [0.1, 0.15) is 56.2 Å². The molecule has 1 aromatic carbocycles. The first-order valence-corrected chi connectivity index (χ1v) is 8.15. The lowest BCUT2D eigenvalue weighted by atomic mass is 9.92. The van der Waals surface area contributed by atoms with Crippen LogP contribution in [0, 0.1) is 5.92 Å². The zero-order chi connectivity index (χ0) is 16.3. The smallest absolute Gasteiger partial charge is 0.303 e. The number of aliphatic carboxylic acids is 1. The minimum Gasteiger partial charge on any atom is -0.493 e. The Bertz CT molecular complexity index is 531. The van der Waals surface area contributed by atoms with E-state index >= 15 is 0 Å². The van der Waals surface area contributed by atoms with Gasteiger partial charge in [-0.25, -0.2) is 0 Å². The highest BCUT2D eigenvalue weighted by Gasteiger charge is 2.30. The van der Waals surface area contributed by atoms with E-state index in [1.807, 2.05) is 13.0 Å². The highest BCUT2D eigenvalue weighted by atomic mass is 16.5. The van der Waals surface area contributed by atoms with Gasteiger partial charge in [-0.15, -0.1) is 0 Å². The zero-order valence-electron chi connectivity index (χ0n) is 13.8. The Morgan fingerprint density at radius 3 is 2.64 bits per heavy atom. The average molecular weight is 305 g/mol. The standard InChI is InChI=1S/C13H14O3.C5H13N/c14-12(15)7-9-2-1-8-3-4-11-10(13(8)9)5-6-16-11;1-4(2)5(3)6/h3-4,9H,1-2,5-7H2,(H,14,15);4-5H,6H2,1-3H3/t9-;5-/m10/s1. The number of carboxylic acids is 1. The van der Waals surface area contributed by atoms with Gasteiger partial charge in [0.2, 0.25) is 0 Å². The summed E-state index contributed by atoms with van der Waals surface area (Å²) in [5.74, 6) is 1.10. The molecule has 0 bridgehead atoms. The van der Waals surface area contributed by atoms with E-state index in [0.29, 0.717) is 12.0 Å². The molecular formula is C18H27NO3. The number of hydrogen-bond donors (Lipinski definition) is 2. The minimum absolute atomic E-state index is 0.198. The number of rotatable bonds is 3. The van der Waals surface area contributed by atoms with Gasteiger partial charge in [-0.1, -0.05) is 19.9 Å². The quantitative estimate of drug-likeness (QED) is 0.900. The van der Waals surface area contributed by atoms with Crippen LogP contribution in [0.15, 0.2) is 12.1 Å². The summed E-state index contributed by atoms with van der Waals surface area (Å²) < 4.78 is 5.53. The Hall–Kier alpha value is -1.55. The number of ether oxygens (including phenoxy) is 1. The van der Waals surface area contributed by atoms with Crippen LogP contribution in [0.5, 0.6) is 5.75 Å². The third-order valence-electron chi connectivity index (χ3n) is 4.66. The Kier molecular flexibility index (Phi) is 5.46. The minimum atomic E-state index is -0.700. The van der Waals surface area contributed by atoms with E-state index in [0.717, 1.165) is 31.6 Å². The lowest BCUT2D eigenvalue weighted by molar-refractivity contribution is -0.137. The number of hydrogen-bond acceptors (Lipinski definition) is 3. The van der Waals surface area contributed by atoms with Crippen molar-refractivity contribution in [2.75, 3.05) is 6.61 Å². The van der Waals surface area contributed by atoms with Crippen LogP contribution in [0.25, 0.3) is 0 Å². The average Bonchev–Trinajstić information content (AvgIpc) is 3.04. The molecule has 4 nitrogen and oxygen atoms in total. The predicted octanol–water partition coefficient (Wildman–Crippen LogP) is 3.12. The van der Waals surface area contributed by atoms with Gasteiger partial charge in [0, 0.05) is 18.0 Å². The SMILES string of the molecule is CC(C)[C@H](C)N.O=C(O)C[C@H]1CCc2ccc3c(c21)CCO3. The lowest BCUT2D eigenvalue weighted by Gasteiger charge is -2.12. The van der Waals surface area contributed by atoms with Gasteiger partial charge in [0.25, 0.3) is 0 Å². The van der Waals surface area contributed by atoms with Crippen LogP contribution in [0.3, 0.4) is 0 Å². The van der Waals surface area contributed by atoms with Crippen LogP contribution in [-0.4, -0.2) is 23.7 Å². The second-order valence-corrected chi connectivity index (χ2v) is 6.65. The van der Waals surface area contributed by atoms with E-state index in [1.54, 1.807) is 0 Å². The molecule has 1 heterocycles. The second-order valence-electron chi connectivity index (χ2n) is 6.65. The maximum atomic E-state index is 10.8. The van der Waals surface area contributed by atoms with E-state index in [2.05, 4.69) is 19.9 Å². The molecule has 2 aliphatic rings. The molecule has 0 unspecified atom stereocenters. The first-order chi connectivity index (χ1) is 10.4. The molecule has 22 heavy (non-hydrogen) atoms. The summed E-state index contributed by atoms with van der Waals surface area (Å²) >= 11 is 0. The Labute approximate surface area is 132 Å². The molecule has 3 N–H and O–H groups in total. The van der Waals surface area contributed by atoms with Gasteiger partial charge < -0.3 is 15.6 Å². The lowest BCUT2D eigenvalue weighted by Crippen LogP contribution is -2.21. The molecule has 122 valence electrons. The molecule has 0 aromatic heterocycles. The van der Waals surface area contributed by atoms with Crippen molar-refractivity contribution < 1.29 is 14.6 Å². The molecule has 0 saturated carbocycles. The van der Waals surface area contributed by atoms with Crippen molar-refractivity contribution in [2.45, 2.75) is 58.4 Å². The molecule has 4 heteroatoms. The molecule has 3 rings (SSSR count). The Balaban J connectivity index is 0.000000254. The van der Waals surface area contributed by atoms with Crippen molar-refractivity contribution in [3.05, 3.63) is 28.8 Å². The highest BCUT2D eigenvalue weighted by Crippen LogP contribution is 2.43. The van der Waals surface area contributed by atoms with E-state index in [4.69, 9.17) is 15.6 Å². The fraction of sp³-hybridized carbons (Fsp3) is 0.611. The Morgan fingerprint density at radius 2 is 2.05 bits per heavy atom. The van der Waals surface area contributed by atoms with Crippen LogP contribution in [-0.2, 0) is 17.6 Å². The van der Waals surface area contributed by atoms with Gasteiger partial charge in [0.1, 0.15) is 5.75 Å². The fourth-order valence-corrected chi connectivity index (χ4v) is 2.96. The third kappa shape index (κ3) is 3.80. The van der Waals surface area contributed by atoms with Crippen molar-refractivity contribution in [3.8, 4) is 5.75 Å². The molecule has 0 amide bonds. The molecule has 1 aliphatic heterocycles. The summed E-state index contributed by atoms with van der Waals surface area (Å²) in [6, 6.07) is 4.48. The van der Waals surface area contributed by atoms with Gasteiger partial charge in [-0.3, -0.25) is 4.79 Å². The van der Waals surface area contributed by atoms with E-state index in [9.17, 15) is 4.79 Å². The van der Waals surface area contributed by atoms with Crippen LogP contribution < -0.4 is 10.5 Å². The zero-order valence-corrected chi connectivity index (χ0v) is 13.8. The Morgan fingerprint density at radius 1 is 1.36 bits per heavy atom. The van der Waals surface area contributed by atoms with Gasteiger partial charge in [-0.05, 0) is 48.8 Å². The topological polar surface area (TPSA) is 72.6 Å². The summed E-state index contributed by atoms with van der Waals surface area (Å²) in [5.41, 5.74) is 9.30. The molecule has 2 atom stereocenters. The summed E-state index contributed by atoms with van der Waals surface area (Å²) in [7, 11) is 0. The number of benzene rings is 1. The summed E-state index contributed by atoms with van der Waals surface area (Å²) in [6.45, 7) is 6.99. The molecule has 0 saturated heterocycles. The fourth-order valence-electron chi connectivity index (χ4n) is 2.96. The predicted molar refractivity (Wildman–Crippen MR) is 87.4 cm³/mol. The van der Waals surface area contributed by atoms with E-state index in [-0.39, 0.29) is 12.3 Å². The summed E-state index contributed by atoms with van der Waals surface area (Å²) in [6.07, 6.45) is 3.18. The molecule has 1 aromatic rings. The van der Waals surface area contributed by atoms with Crippen molar-refractivity contribution in [1.82, 2.24) is 0 Å².